The topological polar surface area (TPSA) is 244 Å². The number of ether oxygens (including phenoxy) is 2. The van der Waals surface area contributed by atoms with E-state index in [0.717, 1.165) is 0 Å². The average molecular weight is 613 g/mol. The summed E-state index contributed by atoms with van der Waals surface area (Å²) in [4.78, 5) is 30.6. The molecule has 2 aliphatic heterocycles. The summed E-state index contributed by atoms with van der Waals surface area (Å²) in [6.07, 6.45) is -1.15. The van der Waals surface area contributed by atoms with Gasteiger partial charge in [0.15, 0.2) is 28.9 Å². The maximum atomic E-state index is 15.5. The van der Waals surface area contributed by atoms with Crippen LogP contribution in [0, 0.1) is 0 Å². The van der Waals surface area contributed by atoms with E-state index in [4.69, 9.17) is 25.5 Å². The molecule has 0 bridgehead atoms. The molecule has 0 aromatic carbocycles. The van der Waals surface area contributed by atoms with Crippen LogP contribution < -0.4 is 17.0 Å². The second kappa shape index (κ2) is 10.3. The van der Waals surface area contributed by atoms with Crippen molar-refractivity contribution in [1.29, 1.82) is 0 Å². The SMILES string of the molecule is Nc1nc2c(ncn2[C@@H]2OC(CO)[C@@H](F)[C@H]2P(=O)(S)OCC[C@]2(O)CO[C@@H](c3cnc4c(N)ncnn34)C2)c(=O)[nH]1. The number of hydrogen-bond acceptors (Lipinski definition) is 14. The van der Waals surface area contributed by atoms with Crippen molar-refractivity contribution in [2.75, 3.05) is 31.3 Å². The standard InChI is InChI=1S/C21H26FN10O7PS/c22-12-11(5-33)39-19(31-8-27-13-16(31)29-20(24)30-18(13)34)14(12)40(36,41)38-2-1-21(35)3-10(37-6-21)9-4-25-17-15(23)26-7-28-32(9)17/h4,7-8,10-12,14,19,33,35H,1-3,5-6H2,(H,36,41)(H2,23,26,28)(H3,24,29,30,34)/t10-,11?,12-,14-,19-,21-,40?/m1/s1. The number of nitrogens with one attached hydrogen (secondary N) is 1. The first-order chi connectivity index (χ1) is 19.5. The van der Waals surface area contributed by atoms with Crippen LogP contribution in [0.1, 0.15) is 30.9 Å². The zero-order valence-corrected chi connectivity index (χ0v) is 22.9. The van der Waals surface area contributed by atoms with Crippen molar-refractivity contribution in [2.24, 2.45) is 0 Å². The molecule has 7 atom stereocenters. The number of rotatable bonds is 8. The monoisotopic (exact) mass is 612 g/mol. The highest BCUT2D eigenvalue weighted by Gasteiger charge is 2.55. The number of fused-ring (bicyclic) bond motifs is 2. The Kier molecular flexibility index (Phi) is 7.00. The number of aromatic amines is 1. The lowest BCUT2D eigenvalue weighted by atomic mass is 9.96. The summed E-state index contributed by atoms with van der Waals surface area (Å²) >= 11 is 4.20. The fraction of sp³-hybridized carbons (Fsp3) is 0.524. The van der Waals surface area contributed by atoms with Crippen LogP contribution in [0.3, 0.4) is 0 Å². The highest BCUT2D eigenvalue weighted by Crippen LogP contribution is 2.64. The Morgan fingerprint density at radius 1 is 1.32 bits per heavy atom. The lowest BCUT2D eigenvalue weighted by molar-refractivity contribution is -0.0323. The minimum absolute atomic E-state index is 0.0258. The van der Waals surface area contributed by atoms with E-state index >= 15 is 4.39 Å². The zero-order valence-electron chi connectivity index (χ0n) is 21.1. The summed E-state index contributed by atoms with van der Waals surface area (Å²) < 4.78 is 48.9. The Labute approximate surface area is 234 Å². The number of aliphatic hydroxyl groups excluding tert-OH is 1. The van der Waals surface area contributed by atoms with E-state index in [1.807, 2.05) is 0 Å². The summed E-state index contributed by atoms with van der Waals surface area (Å²) in [6, 6.07) is 0. The molecule has 2 unspecified atom stereocenters. The van der Waals surface area contributed by atoms with Crippen molar-refractivity contribution in [3.63, 3.8) is 0 Å². The van der Waals surface area contributed by atoms with Gasteiger partial charge in [-0.1, -0.05) is 12.2 Å². The molecule has 0 radical (unpaired) electrons. The van der Waals surface area contributed by atoms with Gasteiger partial charge in [0.25, 0.3) is 12.1 Å². The lowest BCUT2D eigenvalue weighted by Crippen LogP contribution is -2.32. The van der Waals surface area contributed by atoms with Crippen molar-refractivity contribution >= 4 is 47.4 Å². The maximum absolute atomic E-state index is 15.5. The molecule has 6 rings (SSSR count). The van der Waals surface area contributed by atoms with Gasteiger partial charge in [-0.15, -0.1) is 0 Å². The molecule has 4 aromatic rings. The minimum atomic E-state index is -4.14. The predicted octanol–water partition coefficient (Wildman–Crippen LogP) is -0.260. The van der Waals surface area contributed by atoms with Crippen LogP contribution in [0.2, 0.25) is 0 Å². The van der Waals surface area contributed by atoms with Crippen molar-refractivity contribution in [1.82, 2.24) is 39.1 Å². The number of nitrogens with two attached hydrogens (primary N) is 2. The van der Waals surface area contributed by atoms with E-state index in [9.17, 15) is 19.6 Å². The number of anilines is 2. The van der Waals surface area contributed by atoms with E-state index in [0.29, 0.717) is 11.3 Å². The van der Waals surface area contributed by atoms with Gasteiger partial charge in [0.1, 0.15) is 30.4 Å². The third kappa shape index (κ3) is 4.86. The van der Waals surface area contributed by atoms with Crippen LogP contribution in [-0.2, 0) is 18.6 Å². The maximum Gasteiger partial charge on any atom is 0.280 e. The molecule has 2 saturated heterocycles. The number of nitrogen functional groups attached to an aromatic ring is 2. The number of H-pyrrole nitrogens is 1. The molecule has 2 aliphatic rings. The van der Waals surface area contributed by atoms with E-state index in [1.54, 1.807) is 0 Å². The van der Waals surface area contributed by atoms with Gasteiger partial charge in [0.2, 0.25) is 5.95 Å². The predicted molar refractivity (Wildman–Crippen MR) is 143 cm³/mol. The van der Waals surface area contributed by atoms with Gasteiger partial charge in [-0.25, -0.2) is 23.9 Å². The van der Waals surface area contributed by atoms with E-state index in [-0.39, 0.29) is 49.0 Å². The average Bonchev–Trinajstić information content (AvgIpc) is 3.68. The summed E-state index contributed by atoms with van der Waals surface area (Å²) in [6.45, 7) is -5.20. The second-order valence-corrected chi connectivity index (χ2v) is 13.6. The number of aromatic nitrogens is 8. The Hall–Kier alpha value is -3.19. The van der Waals surface area contributed by atoms with Crippen LogP contribution in [-0.4, -0.2) is 92.7 Å². The number of thiol groups is 1. The van der Waals surface area contributed by atoms with Crippen molar-refractivity contribution in [3.05, 3.63) is 34.9 Å². The molecule has 17 nitrogen and oxygen atoms in total. The van der Waals surface area contributed by atoms with Crippen molar-refractivity contribution < 1.29 is 33.2 Å². The molecular formula is C21H26FN10O7PS. The van der Waals surface area contributed by atoms with Crippen molar-refractivity contribution in [2.45, 2.75) is 48.7 Å². The summed E-state index contributed by atoms with van der Waals surface area (Å²) in [5.74, 6) is -0.0271. The van der Waals surface area contributed by atoms with Gasteiger partial charge in [-0.3, -0.25) is 18.9 Å². The van der Waals surface area contributed by atoms with Crippen molar-refractivity contribution in [3.8, 4) is 0 Å². The number of alkyl halides is 1. The van der Waals surface area contributed by atoms with Crippen LogP contribution >= 0.6 is 18.8 Å². The summed E-state index contributed by atoms with van der Waals surface area (Å²) in [7, 11) is 0. The first-order valence-corrected chi connectivity index (χ1v) is 15.2. The second-order valence-electron chi connectivity index (χ2n) is 9.90. The minimum Gasteiger partial charge on any atom is -0.394 e. The van der Waals surface area contributed by atoms with Gasteiger partial charge < -0.3 is 35.7 Å². The lowest BCUT2D eigenvalue weighted by Gasteiger charge is -2.27. The highest BCUT2D eigenvalue weighted by molar-refractivity contribution is 8.46. The van der Waals surface area contributed by atoms with Gasteiger partial charge in [0, 0.05) is 12.8 Å². The molecule has 6 heterocycles. The molecule has 0 amide bonds. The molecule has 41 heavy (non-hydrogen) atoms. The van der Waals surface area contributed by atoms with Gasteiger partial charge in [0.05, 0.1) is 43.6 Å². The van der Waals surface area contributed by atoms with E-state index in [2.05, 4.69) is 42.3 Å². The Morgan fingerprint density at radius 3 is 2.90 bits per heavy atom. The quantitative estimate of drug-likeness (QED) is 0.111. The largest absolute Gasteiger partial charge is 0.394 e. The number of imidazole rings is 2. The van der Waals surface area contributed by atoms with Crippen LogP contribution in [0.4, 0.5) is 16.2 Å². The van der Waals surface area contributed by atoms with Crippen LogP contribution in [0.5, 0.6) is 0 Å². The first kappa shape index (κ1) is 28.0. The third-order valence-corrected chi connectivity index (χ3v) is 10.2. The van der Waals surface area contributed by atoms with Crippen LogP contribution in [0.15, 0.2) is 23.6 Å². The molecule has 220 valence electrons. The molecule has 2 fully saturated rings. The van der Waals surface area contributed by atoms with Gasteiger partial charge >= 0.3 is 0 Å². The molecule has 0 aliphatic carbocycles. The van der Waals surface area contributed by atoms with Gasteiger partial charge in [-0.05, 0) is 0 Å². The Bertz CT molecular complexity index is 1720. The molecule has 20 heteroatoms. The van der Waals surface area contributed by atoms with E-state index in [1.165, 1.54) is 27.9 Å². The fourth-order valence-corrected chi connectivity index (χ4v) is 7.75. The Balaban J connectivity index is 1.18. The summed E-state index contributed by atoms with van der Waals surface area (Å²) in [5, 5.41) is 25.0. The Morgan fingerprint density at radius 2 is 2.12 bits per heavy atom. The van der Waals surface area contributed by atoms with Crippen LogP contribution in [0.25, 0.3) is 16.8 Å². The summed E-state index contributed by atoms with van der Waals surface area (Å²) in [5.41, 5.74) is 8.74. The number of nitrogens with zero attached hydrogens (tertiary/aromatic N) is 7. The molecular weight excluding hydrogens is 586 g/mol. The zero-order chi connectivity index (χ0) is 29.1. The number of halogens is 1. The molecule has 7 N–H and O–H groups in total. The number of aliphatic hydroxyl groups is 2. The smallest absolute Gasteiger partial charge is 0.280 e. The number of hydrogen-bond donors (Lipinski definition) is 6. The first-order valence-electron chi connectivity index (χ1n) is 12.4. The molecule has 0 spiro atoms. The highest BCUT2D eigenvalue weighted by atomic mass is 32.7. The molecule has 0 saturated carbocycles. The normalized spacial score (nSPS) is 29.9. The molecule has 4 aromatic heterocycles. The fourth-order valence-electron chi connectivity index (χ4n) is 5.16. The third-order valence-electron chi connectivity index (χ3n) is 7.22. The van der Waals surface area contributed by atoms with E-state index < -0.39 is 54.6 Å². The van der Waals surface area contributed by atoms with Gasteiger partial charge in [-0.2, -0.15) is 10.1 Å².